The standard InChI is InChI=1S/C16H19N5O/c1-10-8-21-9-12(4-5-14(21)18-10)19-16(22)13-6-7-17-15(20-13)11-2-3-11/h6-8,11-12H,2-5,9H2,1H3,(H,19,22). The normalized spacial score (nSPS) is 20.5. The van der Waals surface area contributed by atoms with Gasteiger partial charge in [-0.25, -0.2) is 15.0 Å². The molecule has 1 aliphatic carbocycles. The number of hydrogen-bond acceptors (Lipinski definition) is 4. The van der Waals surface area contributed by atoms with Crippen LogP contribution in [0.2, 0.25) is 0 Å². The summed E-state index contributed by atoms with van der Waals surface area (Å²) in [5, 5.41) is 3.09. The number of carbonyl (C=O) groups excluding carboxylic acids is 1. The number of amides is 1. The maximum atomic E-state index is 12.4. The monoisotopic (exact) mass is 297 g/mol. The van der Waals surface area contributed by atoms with Gasteiger partial charge in [0.1, 0.15) is 17.3 Å². The van der Waals surface area contributed by atoms with Crippen LogP contribution in [-0.4, -0.2) is 31.5 Å². The van der Waals surface area contributed by atoms with Crippen LogP contribution >= 0.6 is 0 Å². The first-order chi connectivity index (χ1) is 10.7. The van der Waals surface area contributed by atoms with Crippen molar-refractivity contribution in [3.05, 3.63) is 41.5 Å². The van der Waals surface area contributed by atoms with Gasteiger partial charge in [-0.2, -0.15) is 0 Å². The molecule has 1 saturated carbocycles. The number of hydrogen-bond donors (Lipinski definition) is 1. The second-order valence-corrected chi connectivity index (χ2v) is 6.23. The molecule has 0 aromatic carbocycles. The van der Waals surface area contributed by atoms with Gasteiger partial charge in [0.05, 0.1) is 5.69 Å². The summed E-state index contributed by atoms with van der Waals surface area (Å²) in [7, 11) is 0. The summed E-state index contributed by atoms with van der Waals surface area (Å²) in [6.45, 7) is 2.78. The van der Waals surface area contributed by atoms with Crippen LogP contribution < -0.4 is 5.32 Å². The molecule has 0 radical (unpaired) electrons. The van der Waals surface area contributed by atoms with E-state index in [-0.39, 0.29) is 11.9 Å². The van der Waals surface area contributed by atoms with Gasteiger partial charge in [-0.15, -0.1) is 0 Å². The van der Waals surface area contributed by atoms with Crippen molar-refractivity contribution in [2.45, 2.75) is 51.1 Å². The zero-order chi connectivity index (χ0) is 15.1. The van der Waals surface area contributed by atoms with Crippen LogP contribution in [0.3, 0.4) is 0 Å². The summed E-state index contributed by atoms with van der Waals surface area (Å²) in [4.78, 5) is 25.6. The Kier molecular flexibility index (Phi) is 3.17. The highest BCUT2D eigenvalue weighted by Gasteiger charge is 2.27. The van der Waals surface area contributed by atoms with Crippen molar-refractivity contribution in [1.29, 1.82) is 0 Å². The van der Waals surface area contributed by atoms with Crippen molar-refractivity contribution >= 4 is 5.91 Å². The maximum Gasteiger partial charge on any atom is 0.270 e. The maximum absolute atomic E-state index is 12.4. The molecule has 0 bridgehead atoms. The Balaban J connectivity index is 1.45. The Labute approximate surface area is 129 Å². The average Bonchev–Trinajstić information content (AvgIpc) is 3.29. The van der Waals surface area contributed by atoms with Crippen molar-refractivity contribution in [2.24, 2.45) is 0 Å². The molecule has 6 heteroatoms. The van der Waals surface area contributed by atoms with E-state index in [0.717, 1.165) is 49.6 Å². The van der Waals surface area contributed by atoms with Crippen molar-refractivity contribution in [3.8, 4) is 0 Å². The van der Waals surface area contributed by atoms with E-state index < -0.39 is 0 Å². The van der Waals surface area contributed by atoms with E-state index in [4.69, 9.17) is 0 Å². The molecule has 1 amide bonds. The molecule has 4 rings (SSSR count). The molecule has 2 aliphatic rings. The lowest BCUT2D eigenvalue weighted by atomic mass is 10.1. The predicted molar refractivity (Wildman–Crippen MR) is 80.5 cm³/mol. The summed E-state index contributed by atoms with van der Waals surface area (Å²) in [6.07, 6.45) is 7.82. The van der Waals surface area contributed by atoms with Gasteiger partial charge in [0.2, 0.25) is 0 Å². The lowest BCUT2D eigenvalue weighted by Crippen LogP contribution is -2.41. The zero-order valence-electron chi connectivity index (χ0n) is 12.6. The van der Waals surface area contributed by atoms with Crippen LogP contribution in [-0.2, 0) is 13.0 Å². The quantitative estimate of drug-likeness (QED) is 0.934. The molecule has 1 aliphatic heterocycles. The third kappa shape index (κ3) is 2.61. The first kappa shape index (κ1) is 13.4. The van der Waals surface area contributed by atoms with Crippen LogP contribution in [0.25, 0.3) is 0 Å². The lowest BCUT2D eigenvalue weighted by Gasteiger charge is -2.24. The molecule has 2 aromatic rings. The Morgan fingerprint density at radius 2 is 2.18 bits per heavy atom. The molecule has 1 atom stereocenters. The van der Waals surface area contributed by atoms with E-state index in [1.54, 1.807) is 12.3 Å². The number of carbonyl (C=O) groups is 1. The summed E-state index contributed by atoms with van der Waals surface area (Å²) in [6, 6.07) is 1.82. The van der Waals surface area contributed by atoms with Gasteiger partial charge in [-0.1, -0.05) is 0 Å². The van der Waals surface area contributed by atoms with Gasteiger partial charge in [0, 0.05) is 37.3 Å². The van der Waals surface area contributed by atoms with E-state index in [1.807, 2.05) is 13.1 Å². The summed E-state index contributed by atoms with van der Waals surface area (Å²) in [5.41, 5.74) is 1.51. The molecular formula is C16H19N5O. The van der Waals surface area contributed by atoms with E-state index in [2.05, 4.69) is 24.8 Å². The highest BCUT2D eigenvalue weighted by molar-refractivity contribution is 5.92. The Hall–Kier alpha value is -2.24. The van der Waals surface area contributed by atoms with Gasteiger partial charge in [-0.05, 0) is 32.3 Å². The summed E-state index contributed by atoms with van der Waals surface area (Å²) in [5.74, 6) is 2.28. The average molecular weight is 297 g/mol. The first-order valence-corrected chi connectivity index (χ1v) is 7.85. The fourth-order valence-electron chi connectivity index (χ4n) is 3.00. The van der Waals surface area contributed by atoms with Crippen molar-refractivity contribution < 1.29 is 4.79 Å². The van der Waals surface area contributed by atoms with E-state index in [1.165, 1.54) is 0 Å². The minimum Gasteiger partial charge on any atom is -0.346 e. The molecule has 3 heterocycles. The number of rotatable bonds is 3. The lowest BCUT2D eigenvalue weighted by molar-refractivity contribution is 0.0922. The number of fused-ring (bicyclic) bond motifs is 1. The number of nitrogens with one attached hydrogen (secondary N) is 1. The molecule has 0 spiro atoms. The second-order valence-electron chi connectivity index (χ2n) is 6.23. The Morgan fingerprint density at radius 1 is 1.32 bits per heavy atom. The number of nitrogens with zero attached hydrogens (tertiary/aromatic N) is 4. The van der Waals surface area contributed by atoms with Gasteiger partial charge in [-0.3, -0.25) is 4.79 Å². The summed E-state index contributed by atoms with van der Waals surface area (Å²) < 4.78 is 2.14. The van der Waals surface area contributed by atoms with Gasteiger partial charge in [0.25, 0.3) is 5.91 Å². The summed E-state index contributed by atoms with van der Waals surface area (Å²) >= 11 is 0. The highest BCUT2D eigenvalue weighted by atomic mass is 16.1. The predicted octanol–water partition coefficient (Wildman–Crippen LogP) is 1.60. The van der Waals surface area contributed by atoms with E-state index in [0.29, 0.717) is 11.6 Å². The SMILES string of the molecule is Cc1cn2c(n1)CCC(NC(=O)c1ccnc(C3CC3)n1)C2. The smallest absolute Gasteiger partial charge is 0.270 e. The minimum absolute atomic E-state index is 0.102. The molecular weight excluding hydrogens is 278 g/mol. The largest absolute Gasteiger partial charge is 0.346 e. The number of imidazole rings is 1. The van der Waals surface area contributed by atoms with Crippen LogP contribution in [0.5, 0.6) is 0 Å². The molecule has 1 N–H and O–H groups in total. The van der Waals surface area contributed by atoms with Crippen LogP contribution in [0.4, 0.5) is 0 Å². The molecule has 0 saturated heterocycles. The first-order valence-electron chi connectivity index (χ1n) is 7.85. The molecule has 1 unspecified atom stereocenters. The van der Waals surface area contributed by atoms with E-state index >= 15 is 0 Å². The molecule has 114 valence electrons. The third-order valence-corrected chi connectivity index (χ3v) is 4.30. The van der Waals surface area contributed by atoms with E-state index in [9.17, 15) is 4.79 Å². The zero-order valence-corrected chi connectivity index (χ0v) is 12.6. The minimum atomic E-state index is -0.102. The molecule has 2 aromatic heterocycles. The fourth-order valence-corrected chi connectivity index (χ4v) is 3.00. The van der Waals surface area contributed by atoms with Crippen molar-refractivity contribution in [2.75, 3.05) is 0 Å². The second kappa shape index (κ2) is 5.19. The van der Waals surface area contributed by atoms with Crippen LogP contribution in [0.15, 0.2) is 18.5 Å². The third-order valence-electron chi connectivity index (χ3n) is 4.30. The van der Waals surface area contributed by atoms with Gasteiger partial charge < -0.3 is 9.88 Å². The van der Waals surface area contributed by atoms with Crippen LogP contribution in [0, 0.1) is 6.92 Å². The highest BCUT2D eigenvalue weighted by Crippen LogP contribution is 2.37. The Morgan fingerprint density at radius 3 is 3.00 bits per heavy atom. The Bertz CT molecular complexity index is 719. The number of aryl methyl sites for hydroxylation is 2. The molecule has 6 nitrogen and oxygen atoms in total. The van der Waals surface area contributed by atoms with Crippen LogP contribution in [0.1, 0.15) is 53.0 Å². The van der Waals surface area contributed by atoms with Gasteiger partial charge in [0.15, 0.2) is 0 Å². The topological polar surface area (TPSA) is 72.7 Å². The molecule has 22 heavy (non-hydrogen) atoms. The number of aromatic nitrogens is 4. The van der Waals surface area contributed by atoms with Crippen molar-refractivity contribution in [1.82, 2.24) is 24.8 Å². The van der Waals surface area contributed by atoms with Gasteiger partial charge >= 0.3 is 0 Å². The fraction of sp³-hybridized carbons (Fsp3) is 0.500. The molecule has 1 fully saturated rings. The van der Waals surface area contributed by atoms with Crippen molar-refractivity contribution in [3.63, 3.8) is 0 Å².